The van der Waals surface area contributed by atoms with E-state index in [-0.39, 0.29) is 5.91 Å². The number of carbonyl (C=O) groups is 1. The van der Waals surface area contributed by atoms with Crippen LogP contribution in [-0.4, -0.2) is 13.0 Å². The van der Waals surface area contributed by atoms with Gasteiger partial charge in [-0.2, -0.15) is 0 Å². The first-order valence-corrected chi connectivity index (χ1v) is 5.63. The smallest absolute Gasteiger partial charge is 0.257 e. The number of hydrogen-bond donors (Lipinski definition) is 2. The Bertz CT molecular complexity index is 623. The van der Waals surface area contributed by atoms with Crippen LogP contribution < -0.4 is 15.4 Å². The summed E-state index contributed by atoms with van der Waals surface area (Å²) in [6.45, 7) is 0. The molecule has 0 spiro atoms. The highest BCUT2D eigenvalue weighted by molar-refractivity contribution is 6.12. The Morgan fingerprint density at radius 1 is 0.944 bits per heavy atom. The van der Waals surface area contributed by atoms with Crippen molar-refractivity contribution in [2.24, 2.45) is 0 Å². The Kier molecular flexibility index (Phi) is 2.41. The van der Waals surface area contributed by atoms with Gasteiger partial charge in [0.25, 0.3) is 5.91 Å². The molecule has 1 heterocycles. The predicted octanol–water partition coefficient (Wildman–Crippen LogP) is 3.00. The average Bonchev–Trinajstić information content (AvgIpc) is 2.54. The van der Waals surface area contributed by atoms with Crippen molar-refractivity contribution in [2.45, 2.75) is 0 Å². The molecule has 2 aromatic rings. The molecule has 0 atom stereocenters. The molecule has 2 N–H and O–H groups in total. The third kappa shape index (κ3) is 1.68. The molecule has 4 nitrogen and oxygen atoms in total. The van der Waals surface area contributed by atoms with Gasteiger partial charge in [-0.05, 0) is 24.3 Å². The number of para-hydroxylation sites is 1. The zero-order valence-corrected chi connectivity index (χ0v) is 9.86. The summed E-state index contributed by atoms with van der Waals surface area (Å²) in [4.78, 5) is 12.1. The molecular weight excluding hydrogens is 228 g/mol. The van der Waals surface area contributed by atoms with Gasteiger partial charge in [-0.25, -0.2) is 0 Å². The van der Waals surface area contributed by atoms with Crippen LogP contribution in [-0.2, 0) is 0 Å². The number of hydrogen-bond acceptors (Lipinski definition) is 3. The molecule has 18 heavy (non-hydrogen) atoms. The monoisotopic (exact) mass is 240 g/mol. The summed E-state index contributed by atoms with van der Waals surface area (Å²) in [5, 5.41) is 6.12. The van der Waals surface area contributed by atoms with E-state index in [0.29, 0.717) is 11.3 Å². The largest absolute Gasteiger partial charge is 0.497 e. The van der Waals surface area contributed by atoms with Gasteiger partial charge in [-0.1, -0.05) is 12.1 Å². The maximum atomic E-state index is 12.1. The van der Waals surface area contributed by atoms with Crippen molar-refractivity contribution in [1.29, 1.82) is 0 Å². The van der Waals surface area contributed by atoms with Crippen LogP contribution >= 0.6 is 0 Å². The molecule has 1 aliphatic rings. The van der Waals surface area contributed by atoms with E-state index in [9.17, 15) is 4.79 Å². The van der Waals surface area contributed by atoms with Crippen molar-refractivity contribution in [3.8, 4) is 5.75 Å². The third-order valence-electron chi connectivity index (χ3n) is 2.92. The van der Waals surface area contributed by atoms with Crippen molar-refractivity contribution < 1.29 is 9.53 Å². The van der Waals surface area contributed by atoms with Gasteiger partial charge >= 0.3 is 0 Å². The minimum absolute atomic E-state index is 0.120. The standard InChI is InChI=1S/C14H12N2O2/c1-18-9-6-7-12-13(8-9)16-14(17)10-4-2-3-5-11(10)15-12/h2-8,15H,1H3,(H,16,17). The molecule has 0 radical (unpaired) electrons. The molecule has 0 unspecified atom stereocenters. The Labute approximate surface area is 105 Å². The molecule has 0 fully saturated rings. The molecule has 90 valence electrons. The summed E-state index contributed by atoms with van der Waals surface area (Å²) in [6, 6.07) is 13.0. The highest BCUT2D eigenvalue weighted by atomic mass is 16.5. The number of methoxy groups -OCH3 is 1. The Balaban J connectivity index is 2.12. The lowest BCUT2D eigenvalue weighted by Crippen LogP contribution is -2.10. The fourth-order valence-electron chi connectivity index (χ4n) is 1.99. The Hall–Kier alpha value is -2.49. The molecule has 0 aromatic heterocycles. The third-order valence-corrected chi connectivity index (χ3v) is 2.92. The van der Waals surface area contributed by atoms with Gasteiger partial charge in [0.15, 0.2) is 0 Å². The zero-order chi connectivity index (χ0) is 12.5. The van der Waals surface area contributed by atoms with Crippen LogP contribution in [0.4, 0.5) is 17.1 Å². The quantitative estimate of drug-likeness (QED) is 0.805. The summed E-state index contributed by atoms with van der Waals surface area (Å²) >= 11 is 0. The lowest BCUT2D eigenvalue weighted by atomic mass is 10.1. The summed E-state index contributed by atoms with van der Waals surface area (Å²) in [7, 11) is 1.60. The van der Waals surface area contributed by atoms with Gasteiger partial charge in [-0.3, -0.25) is 4.79 Å². The normalized spacial score (nSPS) is 12.6. The van der Waals surface area contributed by atoms with Crippen LogP contribution in [0, 0.1) is 0 Å². The summed E-state index contributed by atoms with van der Waals surface area (Å²) in [6.07, 6.45) is 0. The van der Waals surface area contributed by atoms with Crippen molar-refractivity contribution >= 4 is 23.0 Å². The van der Waals surface area contributed by atoms with Crippen LogP contribution in [0.2, 0.25) is 0 Å². The number of carbonyl (C=O) groups excluding carboxylic acids is 1. The minimum Gasteiger partial charge on any atom is -0.497 e. The van der Waals surface area contributed by atoms with E-state index >= 15 is 0 Å². The second-order valence-electron chi connectivity index (χ2n) is 4.04. The molecule has 0 saturated carbocycles. The van der Waals surface area contributed by atoms with Crippen LogP contribution in [0.1, 0.15) is 10.4 Å². The minimum atomic E-state index is -0.120. The molecular formula is C14H12N2O2. The van der Waals surface area contributed by atoms with Crippen LogP contribution in [0.15, 0.2) is 42.5 Å². The van der Waals surface area contributed by atoms with Gasteiger partial charge < -0.3 is 15.4 Å². The Morgan fingerprint density at radius 3 is 2.61 bits per heavy atom. The molecule has 0 aliphatic carbocycles. The van der Waals surface area contributed by atoms with E-state index in [0.717, 1.165) is 17.1 Å². The van der Waals surface area contributed by atoms with Crippen molar-refractivity contribution in [3.63, 3.8) is 0 Å². The highest BCUT2D eigenvalue weighted by Gasteiger charge is 2.18. The van der Waals surface area contributed by atoms with Crippen LogP contribution in [0.5, 0.6) is 5.75 Å². The van der Waals surface area contributed by atoms with Crippen LogP contribution in [0.25, 0.3) is 0 Å². The maximum Gasteiger partial charge on any atom is 0.257 e. The topological polar surface area (TPSA) is 50.4 Å². The van der Waals surface area contributed by atoms with Gasteiger partial charge in [0.2, 0.25) is 0 Å². The summed E-state index contributed by atoms with van der Waals surface area (Å²) < 4.78 is 5.15. The van der Waals surface area contributed by atoms with Crippen molar-refractivity contribution in [1.82, 2.24) is 0 Å². The van der Waals surface area contributed by atoms with E-state index in [1.807, 2.05) is 30.3 Å². The predicted molar refractivity (Wildman–Crippen MR) is 70.7 cm³/mol. The second-order valence-corrected chi connectivity index (χ2v) is 4.04. The Morgan fingerprint density at radius 2 is 1.78 bits per heavy atom. The highest BCUT2D eigenvalue weighted by Crippen LogP contribution is 2.34. The van der Waals surface area contributed by atoms with E-state index in [2.05, 4.69) is 10.6 Å². The number of ether oxygens (including phenoxy) is 1. The molecule has 1 aliphatic heterocycles. The van der Waals surface area contributed by atoms with Crippen LogP contribution in [0.3, 0.4) is 0 Å². The van der Waals surface area contributed by atoms with Gasteiger partial charge in [-0.15, -0.1) is 0 Å². The van der Waals surface area contributed by atoms with E-state index < -0.39 is 0 Å². The molecule has 3 rings (SSSR count). The number of anilines is 3. The lowest BCUT2D eigenvalue weighted by molar-refractivity contribution is 0.102. The fourth-order valence-corrected chi connectivity index (χ4v) is 1.99. The number of nitrogens with one attached hydrogen (secondary N) is 2. The number of amides is 1. The number of benzene rings is 2. The van der Waals surface area contributed by atoms with Crippen molar-refractivity contribution in [3.05, 3.63) is 48.0 Å². The molecule has 1 amide bonds. The number of fused-ring (bicyclic) bond motifs is 2. The summed E-state index contributed by atoms with van der Waals surface area (Å²) in [5.41, 5.74) is 3.01. The first kappa shape index (κ1) is 10.7. The maximum absolute atomic E-state index is 12.1. The van der Waals surface area contributed by atoms with Crippen molar-refractivity contribution in [2.75, 3.05) is 17.7 Å². The molecule has 2 aromatic carbocycles. The summed E-state index contributed by atoms with van der Waals surface area (Å²) in [5.74, 6) is 0.590. The first-order chi connectivity index (χ1) is 8.78. The fraction of sp³-hybridized carbons (Fsp3) is 0.0714. The number of rotatable bonds is 1. The van der Waals surface area contributed by atoms with E-state index in [1.54, 1.807) is 19.2 Å². The van der Waals surface area contributed by atoms with E-state index in [4.69, 9.17) is 4.74 Å². The average molecular weight is 240 g/mol. The SMILES string of the molecule is COc1ccc2c(c1)NC(=O)c1ccccc1N2. The lowest BCUT2D eigenvalue weighted by Gasteiger charge is -2.09. The van der Waals surface area contributed by atoms with Gasteiger partial charge in [0, 0.05) is 6.07 Å². The molecule has 4 heteroatoms. The molecule has 0 saturated heterocycles. The molecule has 0 bridgehead atoms. The zero-order valence-electron chi connectivity index (χ0n) is 9.86. The first-order valence-electron chi connectivity index (χ1n) is 5.63. The van der Waals surface area contributed by atoms with Gasteiger partial charge in [0.05, 0.1) is 29.7 Å². The second kappa shape index (κ2) is 4.07. The van der Waals surface area contributed by atoms with Gasteiger partial charge in [0.1, 0.15) is 5.75 Å². The van der Waals surface area contributed by atoms with E-state index in [1.165, 1.54) is 0 Å².